The smallest absolute Gasteiger partial charge is 0.206 e. The summed E-state index contributed by atoms with van der Waals surface area (Å²) in [6.07, 6.45) is 4.93. The van der Waals surface area contributed by atoms with E-state index in [-0.39, 0.29) is 18.4 Å². The lowest BCUT2D eigenvalue weighted by Crippen LogP contribution is -2.40. The molecule has 1 N–H and O–H groups in total. The molecule has 0 aromatic heterocycles. The first-order valence-electron chi connectivity index (χ1n) is 5.33. The zero-order valence-corrected chi connectivity index (χ0v) is 11.9. The average Bonchev–Trinajstić information content (AvgIpc) is 2.25. The average molecular weight is 342 g/mol. The van der Waals surface area contributed by atoms with Crippen LogP contribution in [0, 0.1) is 11.3 Å². The van der Waals surface area contributed by atoms with Crippen LogP contribution in [0.2, 0.25) is 0 Å². The summed E-state index contributed by atoms with van der Waals surface area (Å²) < 4.78 is 82.3. The van der Waals surface area contributed by atoms with E-state index in [1.54, 1.807) is 6.07 Å². The van der Waals surface area contributed by atoms with Crippen molar-refractivity contribution in [2.24, 2.45) is 0 Å². The maximum Gasteiger partial charge on any atom is 0.512 e. The highest BCUT2D eigenvalue weighted by atomic mass is 32.3. The first kappa shape index (κ1) is 17.4. The van der Waals surface area contributed by atoms with E-state index in [9.17, 15) is 30.0 Å². The minimum absolute atomic E-state index is 0.120. The zero-order valence-electron chi connectivity index (χ0n) is 10.3. The molecule has 0 aromatic rings. The van der Waals surface area contributed by atoms with Crippen LogP contribution >= 0.6 is 0 Å². The number of rotatable bonds is 3. The van der Waals surface area contributed by atoms with Gasteiger partial charge in [-0.1, -0.05) is 16.3 Å². The van der Waals surface area contributed by atoms with Crippen molar-refractivity contribution in [3.8, 4) is 6.07 Å². The van der Waals surface area contributed by atoms with E-state index in [2.05, 4.69) is 0 Å². The Bertz CT molecular complexity index is 753. The highest BCUT2D eigenvalue weighted by molar-refractivity contribution is 8.07. The Morgan fingerprint density at radius 1 is 1.10 bits per heavy atom. The summed E-state index contributed by atoms with van der Waals surface area (Å²) in [4.78, 5) is -0.656. The quantitative estimate of drug-likeness (QED) is 0.836. The van der Waals surface area contributed by atoms with Gasteiger partial charge in [-0.2, -0.15) is 18.4 Å². The molecule has 0 unspecified atom stereocenters. The second-order valence-electron chi connectivity index (χ2n) is 3.82. The van der Waals surface area contributed by atoms with E-state index < -0.39 is 30.5 Å². The van der Waals surface area contributed by atoms with E-state index in [1.807, 2.05) is 0 Å². The van der Waals surface area contributed by atoms with Gasteiger partial charge in [0.05, 0.1) is 11.0 Å². The molecule has 0 atom stereocenters. The lowest BCUT2D eigenvalue weighted by atomic mass is 10.1. The fourth-order valence-corrected chi connectivity index (χ4v) is 3.80. The molecule has 0 bridgehead atoms. The third kappa shape index (κ3) is 4.42. The first-order chi connectivity index (χ1) is 9.49. The van der Waals surface area contributed by atoms with E-state index in [0.717, 1.165) is 18.2 Å². The van der Waals surface area contributed by atoms with E-state index in [4.69, 9.17) is 5.26 Å². The molecular weight excluding hydrogens is 333 g/mol. The minimum atomic E-state index is -6.04. The molecule has 0 aromatic carbocycles. The molecule has 0 fully saturated rings. The second kappa shape index (κ2) is 6.00. The van der Waals surface area contributed by atoms with Gasteiger partial charge in [0.1, 0.15) is 0 Å². The van der Waals surface area contributed by atoms with Crippen molar-refractivity contribution in [1.29, 1.82) is 5.26 Å². The van der Waals surface area contributed by atoms with Crippen molar-refractivity contribution in [3.63, 3.8) is 0 Å². The van der Waals surface area contributed by atoms with Gasteiger partial charge in [0.25, 0.3) is 10.0 Å². The molecule has 0 aliphatic heterocycles. The van der Waals surface area contributed by atoms with Crippen molar-refractivity contribution in [2.75, 3.05) is 0 Å². The molecule has 0 radical (unpaired) electrons. The number of hydrogen-bond acceptors (Lipinski definition) is 5. The first-order valence-corrected chi connectivity index (χ1v) is 8.29. The van der Waals surface area contributed by atoms with Crippen LogP contribution < -0.4 is 4.13 Å². The van der Waals surface area contributed by atoms with Crippen molar-refractivity contribution >= 4 is 20.0 Å². The van der Waals surface area contributed by atoms with Gasteiger partial charge in [0.15, 0.2) is 0 Å². The predicted octanol–water partition coefficient (Wildman–Crippen LogP) is 1.44. The summed E-state index contributed by atoms with van der Waals surface area (Å²) in [5.74, 6) is 0. The predicted molar refractivity (Wildman–Crippen MR) is 67.2 cm³/mol. The van der Waals surface area contributed by atoms with Crippen molar-refractivity contribution in [2.45, 2.75) is 18.3 Å². The van der Waals surface area contributed by atoms with E-state index in [0.29, 0.717) is 4.13 Å². The Balaban J connectivity index is 3.16. The van der Waals surface area contributed by atoms with Gasteiger partial charge in [0.2, 0.25) is 0 Å². The molecular formula is C10H9F3N2O4S2. The van der Waals surface area contributed by atoms with Gasteiger partial charge in [-0.3, -0.25) is 0 Å². The molecule has 0 saturated carbocycles. The summed E-state index contributed by atoms with van der Waals surface area (Å²) in [5.41, 5.74) is -5.63. The normalized spacial score (nSPS) is 23.7. The molecule has 1 aliphatic rings. The highest BCUT2D eigenvalue weighted by Gasteiger charge is 2.48. The highest BCUT2D eigenvalue weighted by Crippen LogP contribution is 2.24. The van der Waals surface area contributed by atoms with Crippen molar-refractivity contribution < 1.29 is 30.0 Å². The number of allylic oxidation sites excluding steroid dienone is 5. The van der Waals surface area contributed by atoms with Crippen LogP contribution in [0.4, 0.5) is 13.2 Å². The fourth-order valence-electron chi connectivity index (χ4n) is 1.29. The number of alkyl halides is 3. The van der Waals surface area contributed by atoms with Crippen molar-refractivity contribution in [1.82, 2.24) is 4.13 Å². The van der Waals surface area contributed by atoms with Crippen LogP contribution in [0.25, 0.3) is 0 Å². The monoisotopic (exact) mass is 342 g/mol. The van der Waals surface area contributed by atoms with Crippen LogP contribution in [-0.2, 0) is 20.0 Å². The van der Waals surface area contributed by atoms with Gasteiger partial charge >= 0.3 is 15.5 Å². The van der Waals surface area contributed by atoms with E-state index >= 15 is 0 Å². The summed E-state index contributed by atoms with van der Waals surface area (Å²) in [5, 5.41) is 8.69. The standard InChI is InChI=1S/C10H9F3N2O4S2/c11-10(12,13)21(18,19)15-20(16,17)9-4-2-1-3-8(7-14)5-6-9/h3-6,15H,1-2H2/b6-5-,8-3+,9-4-. The van der Waals surface area contributed by atoms with Crippen LogP contribution in [0.5, 0.6) is 0 Å². The van der Waals surface area contributed by atoms with Gasteiger partial charge in [-0.15, -0.1) is 0 Å². The van der Waals surface area contributed by atoms with Gasteiger partial charge in [-0.25, -0.2) is 16.8 Å². The number of hydrogen-bond donors (Lipinski definition) is 1. The maximum atomic E-state index is 12.2. The molecule has 0 amide bonds. The Morgan fingerprint density at radius 2 is 1.67 bits per heavy atom. The molecule has 0 spiro atoms. The Morgan fingerprint density at radius 3 is 2.19 bits per heavy atom. The lowest BCUT2D eigenvalue weighted by Gasteiger charge is -2.11. The topological polar surface area (TPSA) is 104 Å². The largest absolute Gasteiger partial charge is 0.512 e. The summed E-state index contributed by atoms with van der Waals surface area (Å²) >= 11 is 0. The second-order valence-corrected chi connectivity index (χ2v) is 7.44. The lowest BCUT2D eigenvalue weighted by molar-refractivity contribution is -0.0441. The third-order valence-electron chi connectivity index (χ3n) is 2.27. The van der Waals surface area contributed by atoms with Gasteiger partial charge < -0.3 is 0 Å². The van der Waals surface area contributed by atoms with E-state index in [1.165, 1.54) is 6.08 Å². The Hall–Kier alpha value is -1.64. The van der Waals surface area contributed by atoms with Crippen LogP contribution in [0.15, 0.2) is 34.8 Å². The fraction of sp³-hybridized carbons (Fsp3) is 0.300. The summed E-state index contributed by atoms with van der Waals surface area (Å²) in [7, 11) is -11.0. The number of sulfonamides is 2. The van der Waals surface area contributed by atoms with Gasteiger partial charge in [0, 0.05) is 5.57 Å². The number of nitriles is 1. The molecule has 6 nitrogen and oxygen atoms in total. The molecule has 0 saturated heterocycles. The van der Waals surface area contributed by atoms with Crippen molar-refractivity contribution in [3.05, 3.63) is 34.8 Å². The molecule has 1 rings (SSSR count). The Labute approximate surface area is 119 Å². The SMILES string of the molecule is N#CC1=C/CC/C=C(S(=O)(=O)NS(=O)(=O)C(F)(F)F)/C=C\1. The molecule has 21 heavy (non-hydrogen) atoms. The number of nitrogens with zero attached hydrogens (tertiary/aromatic N) is 1. The summed E-state index contributed by atoms with van der Waals surface area (Å²) in [6.45, 7) is 0. The van der Waals surface area contributed by atoms with Crippen LogP contribution in [-0.4, -0.2) is 22.3 Å². The van der Waals surface area contributed by atoms with Gasteiger partial charge in [-0.05, 0) is 25.0 Å². The minimum Gasteiger partial charge on any atom is -0.206 e. The Kier molecular flexibility index (Phi) is 4.98. The molecule has 0 heterocycles. The third-order valence-corrected chi connectivity index (χ3v) is 5.56. The number of nitrogens with one attached hydrogen (secondary N) is 1. The molecule has 116 valence electrons. The molecule has 1 aliphatic carbocycles. The molecule has 11 heteroatoms. The summed E-state index contributed by atoms with van der Waals surface area (Å²) in [6, 6.07) is 1.75. The number of halogens is 3. The van der Waals surface area contributed by atoms with Crippen LogP contribution in [0.1, 0.15) is 12.8 Å². The zero-order chi connectivity index (χ0) is 16.3. The van der Waals surface area contributed by atoms with Crippen LogP contribution in [0.3, 0.4) is 0 Å². The maximum absolute atomic E-state index is 12.2.